The number of hydrogen-bond donors (Lipinski definition) is 6. The number of hydrogen-bond acceptors (Lipinski definition) is 10. The summed E-state index contributed by atoms with van der Waals surface area (Å²) in [6, 6.07) is -0.942. The zero-order chi connectivity index (χ0) is 56.1. The van der Waals surface area contributed by atoms with Crippen LogP contribution in [0.3, 0.4) is 0 Å². The molecule has 1 fully saturated rings. The summed E-state index contributed by atoms with van der Waals surface area (Å²) in [5, 5.41) is 44.9. The molecule has 0 bridgehead atoms. The van der Waals surface area contributed by atoms with Gasteiger partial charge in [-0.3, -0.25) is 9.35 Å². The highest BCUT2D eigenvalue weighted by Gasteiger charge is 2.48. The van der Waals surface area contributed by atoms with E-state index in [1.54, 1.807) is 6.08 Å². The minimum atomic E-state index is -5.09. The molecule has 1 aliphatic heterocycles. The summed E-state index contributed by atoms with van der Waals surface area (Å²) in [6.07, 6.45) is 61.1. The highest BCUT2D eigenvalue weighted by molar-refractivity contribution is 7.80. The van der Waals surface area contributed by atoms with Crippen LogP contribution in [-0.4, -0.2) is 95.4 Å². The molecule has 7 unspecified atom stereocenters. The number of rotatable bonds is 57. The first-order valence-electron chi connectivity index (χ1n) is 32.4. The lowest BCUT2D eigenvalue weighted by Crippen LogP contribution is -2.61. The smallest absolute Gasteiger partial charge is 0.394 e. The molecule has 0 saturated carbocycles. The number of amides is 1. The van der Waals surface area contributed by atoms with Crippen molar-refractivity contribution >= 4 is 16.3 Å². The van der Waals surface area contributed by atoms with Gasteiger partial charge in [0.1, 0.15) is 24.4 Å². The molecule has 1 rings (SSSR count). The van der Waals surface area contributed by atoms with Crippen LogP contribution in [0.15, 0.2) is 36.5 Å². The molecule has 0 radical (unpaired) electrons. The Morgan fingerprint density at radius 2 is 0.870 bits per heavy atom. The van der Waals surface area contributed by atoms with Crippen LogP contribution < -0.4 is 5.32 Å². The number of carbonyl (C=O) groups excluding carboxylic acids is 1. The average Bonchev–Trinajstić information content (AvgIpc) is 3.41. The van der Waals surface area contributed by atoms with Crippen LogP contribution >= 0.6 is 0 Å². The maximum Gasteiger partial charge on any atom is 0.397 e. The minimum Gasteiger partial charge on any atom is -0.394 e. The summed E-state index contributed by atoms with van der Waals surface area (Å²) < 4.78 is 47.8. The van der Waals surface area contributed by atoms with Crippen molar-refractivity contribution in [2.24, 2.45) is 0 Å². The van der Waals surface area contributed by atoms with Gasteiger partial charge in [0.05, 0.1) is 25.4 Å². The second-order valence-corrected chi connectivity index (χ2v) is 23.8. The summed E-state index contributed by atoms with van der Waals surface area (Å²) in [6.45, 7) is 3.40. The molecule has 1 saturated heterocycles. The lowest BCUT2D eigenvalue weighted by Gasteiger charge is -2.41. The Labute approximate surface area is 473 Å². The molecule has 0 aromatic rings. The van der Waals surface area contributed by atoms with Crippen LogP contribution in [0.4, 0.5) is 0 Å². The minimum absolute atomic E-state index is 0.260. The first-order chi connectivity index (χ1) is 37.5. The van der Waals surface area contributed by atoms with Crippen molar-refractivity contribution in [2.45, 2.75) is 352 Å². The van der Waals surface area contributed by atoms with E-state index in [0.29, 0.717) is 6.42 Å². The molecule has 1 aliphatic rings. The van der Waals surface area contributed by atoms with E-state index in [2.05, 4.69) is 47.7 Å². The van der Waals surface area contributed by atoms with E-state index in [1.165, 1.54) is 238 Å². The number of unbranched alkanes of at least 4 members (excludes halogenated alkanes) is 41. The first kappa shape index (κ1) is 73.3. The van der Waals surface area contributed by atoms with Crippen LogP contribution in [0.2, 0.25) is 0 Å². The van der Waals surface area contributed by atoms with Crippen molar-refractivity contribution in [1.82, 2.24) is 5.32 Å². The van der Waals surface area contributed by atoms with Crippen LogP contribution in [-0.2, 0) is 28.9 Å². The number of nitrogens with one attached hydrogen (secondary N) is 1. The topological polar surface area (TPSA) is 192 Å². The molecule has 1 heterocycles. The molecular weight excluding hydrogens is 991 g/mol. The van der Waals surface area contributed by atoms with Gasteiger partial charge in [-0.1, -0.05) is 288 Å². The fourth-order valence-corrected chi connectivity index (χ4v) is 10.9. The molecule has 12 nitrogen and oxygen atoms in total. The van der Waals surface area contributed by atoms with Crippen molar-refractivity contribution in [3.05, 3.63) is 36.5 Å². The fraction of sp³-hybridized carbons (Fsp3) is 0.891. The number of allylic oxidation sites excluding steroid dienone is 5. The average molecular weight is 1110 g/mol. The van der Waals surface area contributed by atoms with Crippen LogP contribution in [0.5, 0.6) is 0 Å². The fourth-order valence-electron chi connectivity index (χ4n) is 10.4. The maximum atomic E-state index is 13.1. The Balaban J connectivity index is 2.12. The van der Waals surface area contributed by atoms with Crippen molar-refractivity contribution in [3.8, 4) is 0 Å². The first-order valence-corrected chi connectivity index (χ1v) is 33.7. The second-order valence-electron chi connectivity index (χ2n) is 22.7. The van der Waals surface area contributed by atoms with E-state index in [9.17, 15) is 38.2 Å². The lowest BCUT2D eigenvalue weighted by molar-refractivity contribution is -0.298. The summed E-state index contributed by atoms with van der Waals surface area (Å²) in [7, 11) is -5.09. The molecule has 0 aliphatic carbocycles. The van der Waals surface area contributed by atoms with E-state index >= 15 is 0 Å². The third-order valence-electron chi connectivity index (χ3n) is 15.4. The molecule has 0 spiro atoms. The van der Waals surface area contributed by atoms with Gasteiger partial charge < -0.3 is 35.2 Å². The van der Waals surface area contributed by atoms with Crippen LogP contribution in [0, 0.1) is 0 Å². The Morgan fingerprint density at radius 3 is 1.23 bits per heavy atom. The van der Waals surface area contributed by atoms with Gasteiger partial charge in [0.2, 0.25) is 5.91 Å². The molecule has 13 heteroatoms. The highest BCUT2D eigenvalue weighted by Crippen LogP contribution is 2.26. The third-order valence-corrected chi connectivity index (χ3v) is 15.9. The van der Waals surface area contributed by atoms with Crippen molar-refractivity contribution in [1.29, 1.82) is 0 Å². The molecule has 0 aromatic heterocycles. The summed E-state index contributed by atoms with van der Waals surface area (Å²) >= 11 is 0. The van der Waals surface area contributed by atoms with Crippen LogP contribution in [0.1, 0.15) is 309 Å². The van der Waals surface area contributed by atoms with Crippen molar-refractivity contribution in [2.75, 3.05) is 13.2 Å². The Kier molecular flexibility index (Phi) is 51.1. The number of aliphatic hydroxyl groups is 4. The second kappa shape index (κ2) is 53.6. The molecule has 1 amide bonds. The van der Waals surface area contributed by atoms with Crippen LogP contribution in [0.25, 0.3) is 0 Å². The molecule has 77 heavy (non-hydrogen) atoms. The van der Waals surface area contributed by atoms with E-state index in [-0.39, 0.29) is 18.9 Å². The van der Waals surface area contributed by atoms with E-state index < -0.39 is 59.9 Å². The van der Waals surface area contributed by atoms with Gasteiger partial charge in [0.15, 0.2) is 6.29 Å². The van der Waals surface area contributed by atoms with Gasteiger partial charge in [-0.2, -0.15) is 8.42 Å². The Morgan fingerprint density at radius 1 is 0.519 bits per heavy atom. The maximum absolute atomic E-state index is 13.1. The monoisotopic (exact) mass is 1110 g/mol. The molecule has 6 N–H and O–H groups in total. The largest absolute Gasteiger partial charge is 0.397 e. The van der Waals surface area contributed by atoms with Gasteiger partial charge in [0, 0.05) is 6.42 Å². The van der Waals surface area contributed by atoms with Gasteiger partial charge >= 0.3 is 10.4 Å². The van der Waals surface area contributed by atoms with E-state index in [1.807, 2.05) is 6.08 Å². The molecule has 454 valence electrons. The van der Waals surface area contributed by atoms with Gasteiger partial charge in [-0.05, 0) is 51.4 Å². The standard InChI is InChI=1S/C64H121NO11S/c1-3-5-7-9-11-13-15-16-17-18-19-20-21-22-23-24-25-26-27-28-29-30-31-32-33-34-35-36-37-38-39-40-41-42-44-46-48-50-52-54-60(68)65-57(58(67)53-51-49-47-45-43-14-12-10-8-6-4-2)56-74-64-62(70)63(76-77(71,72)73)61(69)59(55-66)75-64/h25-26,28-29,51,53,57-59,61-64,66-67,69-70H,3-24,27,30-50,52,54-56H2,1-2H3,(H,65,68)(H,71,72,73)/b26-25-,29-28-,53-51+. The highest BCUT2D eigenvalue weighted by atomic mass is 32.3. The van der Waals surface area contributed by atoms with Gasteiger partial charge in [-0.15, -0.1) is 0 Å². The van der Waals surface area contributed by atoms with Gasteiger partial charge in [-0.25, -0.2) is 4.18 Å². The SMILES string of the molecule is CCCCCCCCCCC/C=C/C(O)C(COC1OC(CO)C(O)C(OS(=O)(=O)O)C1O)NC(=O)CCCCCCCCCCCCCCCCCCC/C=C\C/C=C\CCCCCCCCCCCCCCCCC. The Hall–Kier alpha value is -1.68. The zero-order valence-corrected chi connectivity index (χ0v) is 50.4. The van der Waals surface area contributed by atoms with E-state index in [0.717, 1.165) is 44.9 Å². The summed E-state index contributed by atoms with van der Waals surface area (Å²) in [4.78, 5) is 13.1. The summed E-state index contributed by atoms with van der Waals surface area (Å²) in [5.74, 6) is -0.260. The lowest BCUT2D eigenvalue weighted by atomic mass is 9.99. The molecule has 7 atom stereocenters. The van der Waals surface area contributed by atoms with Gasteiger partial charge in [0.25, 0.3) is 0 Å². The Bertz CT molecular complexity index is 1490. The third kappa shape index (κ3) is 45.6. The number of ether oxygens (including phenoxy) is 2. The predicted octanol–water partition coefficient (Wildman–Crippen LogP) is 16.1. The van der Waals surface area contributed by atoms with Crippen molar-refractivity contribution in [3.63, 3.8) is 0 Å². The zero-order valence-electron chi connectivity index (χ0n) is 49.5. The predicted molar refractivity (Wildman–Crippen MR) is 319 cm³/mol. The van der Waals surface area contributed by atoms with E-state index in [4.69, 9.17) is 9.47 Å². The summed E-state index contributed by atoms with van der Waals surface area (Å²) in [5.41, 5.74) is 0. The quantitative estimate of drug-likeness (QED) is 0.0193. The molecular formula is C64H121NO11S. The number of carbonyl (C=O) groups is 1. The molecule has 0 aromatic carbocycles. The normalized spacial score (nSPS) is 19.1. The van der Waals surface area contributed by atoms with Crippen molar-refractivity contribution < 1.29 is 51.8 Å². The number of aliphatic hydroxyl groups excluding tert-OH is 4.